The van der Waals surface area contributed by atoms with Crippen LogP contribution in [0.5, 0.6) is 0 Å². The average molecular weight is 585 g/mol. The largest absolute Gasteiger partial charge is 0.393 e. The number of ketones is 1. The van der Waals surface area contributed by atoms with Gasteiger partial charge < -0.3 is 34.3 Å². The first kappa shape index (κ1) is 30.4. The molecule has 0 spiro atoms. The summed E-state index contributed by atoms with van der Waals surface area (Å²) in [4.78, 5) is 13.5. The number of allylic oxidation sites excluding steroid dienone is 3. The molecule has 0 aromatic rings. The Hall–Kier alpha value is -1.65. The van der Waals surface area contributed by atoms with Gasteiger partial charge in [-0.25, -0.2) is 0 Å². The maximum atomic E-state index is 13.5. The van der Waals surface area contributed by atoms with Gasteiger partial charge in [-0.3, -0.25) is 4.79 Å². The Kier molecular flexibility index (Phi) is 7.57. The monoisotopic (exact) mass is 584 g/mol. The topological polar surface area (TPSA) is 118 Å². The smallest absolute Gasteiger partial charge is 0.306 e. The predicted molar refractivity (Wildman–Crippen MR) is 156 cm³/mol. The lowest BCUT2D eigenvalue weighted by atomic mass is 9.54. The van der Waals surface area contributed by atoms with Crippen LogP contribution < -0.4 is 0 Å². The van der Waals surface area contributed by atoms with Crippen LogP contribution in [0.15, 0.2) is 48.1 Å². The van der Waals surface area contributed by atoms with Gasteiger partial charge in [0.05, 0.1) is 12.2 Å². The quantitative estimate of drug-likeness (QED) is 0.134. The fourth-order valence-electron chi connectivity index (χ4n) is 8.98. The van der Waals surface area contributed by atoms with Crippen LogP contribution >= 0.6 is 0 Å². The number of hydrogen-bond donors (Lipinski definition) is 3. The lowest BCUT2D eigenvalue weighted by Crippen LogP contribution is -2.72. The maximum Gasteiger partial charge on any atom is 0.306 e. The number of fused-ring (bicyclic) bond motifs is 3. The zero-order chi connectivity index (χ0) is 30.1. The van der Waals surface area contributed by atoms with Gasteiger partial charge in [-0.05, 0) is 50.2 Å². The van der Waals surface area contributed by atoms with Crippen molar-refractivity contribution in [2.24, 2.45) is 17.8 Å². The molecule has 11 atom stereocenters. The number of carbonyl (C=O) groups is 1. The van der Waals surface area contributed by atoms with Gasteiger partial charge in [-0.2, -0.15) is 0 Å². The van der Waals surface area contributed by atoms with Crippen molar-refractivity contribution >= 4 is 5.78 Å². The van der Waals surface area contributed by atoms with Crippen LogP contribution in [0, 0.1) is 17.8 Å². The van der Waals surface area contributed by atoms with E-state index in [0.717, 1.165) is 18.4 Å². The van der Waals surface area contributed by atoms with Crippen molar-refractivity contribution in [2.75, 3.05) is 6.61 Å². The fourth-order valence-corrected chi connectivity index (χ4v) is 8.98. The molecule has 0 radical (unpaired) electrons. The maximum absolute atomic E-state index is 13.5. The normalized spacial score (nSPS) is 48.4. The molecule has 0 unspecified atom stereocenters. The third-order valence-corrected chi connectivity index (χ3v) is 11.2. The van der Waals surface area contributed by atoms with E-state index in [-0.39, 0.29) is 5.92 Å². The number of carbonyl (C=O) groups excluding carboxylic acids is 1. The van der Waals surface area contributed by atoms with Crippen molar-refractivity contribution in [3.63, 3.8) is 0 Å². The molecular formula is C34H48O8. The first-order chi connectivity index (χ1) is 20.0. The molecule has 232 valence electrons. The second kappa shape index (κ2) is 10.5. The van der Waals surface area contributed by atoms with E-state index in [1.54, 1.807) is 19.1 Å². The highest BCUT2D eigenvalue weighted by Crippen LogP contribution is 2.72. The van der Waals surface area contributed by atoms with E-state index in [2.05, 4.69) is 19.6 Å². The highest BCUT2D eigenvalue weighted by atomic mass is 16.9. The highest BCUT2D eigenvalue weighted by molar-refractivity contribution is 6.05. The molecule has 0 amide bonds. The van der Waals surface area contributed by atoms with E-state index < -0.39 is 70.9 Å². The molecule has 42 heavy (non-hydrogen) atoms. The van der Waals surface area contributed by atoms with Gasteiger partial charge in [0.25, 0.3) is 0 Å². The van der Waals surface area contributed by atoms with Crippen molar-refractivity contribution in [3.05, 3.63) is 48.1 Å². The van der Waals surface area contributed by atoms with Crippen LogP contribution in [0.4, 0.5) is 0 Å². The molecule has 6 aliphatic rings. The van der Waals surface area contributed by atoms with E-state index in [1.807, 2.05) is 26.0 Å². The Morgan fingerprint density at radius 3 is 2.50 bits per heavy atom. The van der Waals surface area contributed by atoms with Crippen molar-refractivity contribution in [3.8, 4) is 0 Å². The number of aliphatic hydroxyl groups excluding tert-OH is 2. The molecule has 3 N–H and O–H groups in total. The summed E-state index contributed by atoms with van der Waals surface area (Å²) in [5.74, 6) is -3.80. The minimum atomic E-state index is -2.22. The Bertz CT molecular complexity index is 1210. The van der Waals surface area contributed by atoms with E-state index in [9.17, 15) is 20.1 Å². The van der Waals surface area contributed by atoms with Gasteiger partial charge >= 0.3 is 5.97 Å². The summed E-state index contributed by atoms with van der Waals surface area (Å²) in [5, 5.41) is 34.2. The summed E-state index contributed by atoms with van der Waals surface area (Å²) in [5.41, 5.74) is -4.66. The molecule has 3 aliphatic heterocycles. The van der Waals surface area contributed by atoms with E-state index in [1.165, 1.54) is 38.5 Å². The molecule has 0 aromatic carbocycles. The minimum Gasteiger partial charge on any atom is -0.393 e. The first-order valence-corrected chi connectivity index (χ1v) is 16.0. The number of epoxide rings is 1. The molecule has 3 saturated heterocycles. The number of hydrogen-bond acceptors (Lipinski definition) is 8. The molecule has 8 heteroatoms. The number of aliphatic hydroxyl groups is 3. The number of unbranched alkanes of at least 4 members (excludes halogenated alkanes) is 7. The van der Waals surface area contributed by atoms with Crippen molar-refractivity contribution in [1.82, 2.24) is 0 Å². The summed E-state index contributed by atoms with van der Waals surface area (Å²) in [6, 6.07) is 0. The zero-order valence-electron chi connectivity index (χ0n) is 25.5. The first-order valence-electron chi connectivity index (χ1n) is 16.0. The Morgan fingerprint density at radius 1 is 1.10 bits per heavy atom. The standard InChI is InChI=1S/C34H48O8/c1-6-7-8-9-10-11-12-13-14-15-16-17-32-40-27-25-28-31(20-35,39-28)29(37)33(38)24(18-22(4)26(33)36)34(25,42-32)23(5)19-30(27,41-32)21(2)3/h14-18,23-25,27-29,35,37-38H,2,6-13,19-20H2,1,3-5H3/t23-,24-,25-,27-,28+,29-,30-,31+,32-,33-,34+/m1/s1. The second-order valence-corrected chi connectivity index (χ2v) is 13.7. The van der Waals surface area contributed by atoms with Crippen LogP contribution in [0.2, 0.25) is 0 Å². The molecule has 6 rings (SSSR count). The lowest BCUT2D eigenvalue weighted by Gasteiger charge is -2.59. The Morgan fingerprint density at radius 2 is 1.81 bits per heavy atom. The molecular weight excluding hydrogens is 536 g/mol. The van der Waals surface area contributed by atoms with Gasteiger partial charge in [0.1, 0.15) is 29.5 Å². The van der Waals surface area contributed by atoms with E-state index in [4.69, 9.17) is 18.9 Å². The minimum absolute atomic E-state index is 0.236. The zero-order valence-corrected chi connectivity index (χ0v) is 25.5. The SMILES string of the molecule is C=C(C)[C@]12C[C@@H](C)[C@@]34O[C@](C=CC=CCCCCCCCCC)(O[C@@H]1[C@@H]3[C@@H]1O[C@]1(CO)[C@@H](O)[C@]1(O)C(=O)C(C)=C[C@H]14)O2. The summed E-state index contributed by atoms with van der Waals surface area (Å²) in [7, 11) is 0. The fraction of sp³-hybridized carbons (Fsp3) is 0.735. The second-order valence-electron chi connectivity index (χ2n) is 13.7. The van der Waals surface area contributed by atoms with Crippen LogP contribution in [-0.2, 0) is 23.7 Å². The molecule has 3 bridgehead atoms. The van der Waals surface area contributed by atoms with Gasteiger partial charge in [0, 0.05) is 17.9 Å². The van der Waals surface area contributed by atoms with Crippen LogP contribution in [-0.4, -0.2) is 74.4 Å². The van der Waals surface area contributed by atoms with Gasteiger partial charge in [-0.15, -0.1) is 0 Å². The van der Waals surface area contributed by atoms with Crippen molar-refractivity contribution in [2.45, 2.75) is 132 Å². The van der Waals surface area contributed by atoms with Gasteiger partial charge in [-0.1, -0.05) is 83.3 Å². The summed E-state index contributed by atoms with van der Waals surface area (Å²) in [6.07, 6.45) is 16.9. The molecule has 3 aliphatic carbocycles. The van der Waals surface area contributed by atoms with Crippen molar-refractivity contribution in [1.29, 1.82) is 0 Å². The third-order valence-electron chi connectivity index (χ3n) is 11.2. The highest BCUT2D eigenvalue weighted by Gasteiger charge is 2.88. The van der Waals surface area contributed by atoms with Gasteiger partial charge in [0.15, 0.2) is 11.4 Å². The number of rotatable bonds is 12. The third kappa shape index (κ3) is 3.95. The number of Topliss-reactive ketones (excluding diaryl/α,β-unsaturated/α-hetero) is 1. The summed E-state index contributed by atoms with van der Waals surface area (Å²) >= 11 is 0. The molecule has 8 nitrogen and oxygen atoms in total. The summed E-state index contributed by atoms with van der Waals surface area (Å²) < 4.78 is 26.5. The predicted octanol–water partition coefficient (Wildman–Crippen LogP) is 4.43. The summed E-state index contributed by atoms with van der Waals surface area (Å²) in [6.45, 7) is 11.6. The van der Waals surface area contributed by atoms with Crippen LogP contribution in [0.25, 0.3) is 0 Å². The van der Waals surface area contributed by atoms with Gasteiger partial charge in [0.2, 0.25) is 0 Å². The Labute approximate surface area is 249 Å². The van der Waals surface area contributed by atoms with Crippen LogP contribution in [0.1, 0.15) is 85.5 Å². The van der Waals surface area contributed by atoms with E-state index in [0.29, 0.717) is 12.0 Å². The molecule has 5 fully saturated rings. The Balaban J connectivity index is 1.31. The van der Waals surface area contributed by atoms with E-state index >= 15 is 0 Å². The lowest BCUT2D eigenvalue weighted by molar-refractivity contribution is -0.406. The molecule has 3 heterocycles. The average Bonchev–Trinajstić information content (AvgIpc) is 3.60. The molecule has 0 aromatic heterocycles. The molecule has 2 saturated carbocycles. The van der Waals surface area contributed by atoms with Crippen molar-refractivity contribution < 1.29 is 39.1 Å². The van der Waals surface area contributed by atoms with Crippen LogP contribution in [0.3, 0.4) is 0 Å². The number of ether oxygens (including phenoxy) is 4.